The lowest BCUT2D eigenvalue weighted by Gasteiger charge is -2.24. The molecule has 4 heteroatoms. The van der Waals surface area contributed by atoms with Gasteiger partial charge in [-0.25, -0.2) is 0 Å². The van der Waals surface area contributed by atoms with Crippen LogP contribution >= 0.6 is 0 Å². The normalized spacial score (nSPS) is 36.3. The van der Waals surface area contributed by atoms with Gasteiger partial charge in [-0.15, -0.1) is 0 Å². The summed E-state index contributed by atoms with van der Waals surface area (Å²) < 4.78 is 5.57. The van der Waals surface area contributed by atoms with E-state index in [1.807, 2.05) is 4.90 Å². The maximum Gasteiger partial charge on any atom is 0.243 e. The number of ether oxygens (including phenoxy) is 1. The Kier molecular flexibility index (Phi) is 2.87. The van der Waals surface area contributed by atoms with Gasteiger partial charge in [0.2, 0.25) is 5.91 Å². The summed E-state index contributed by atoms with van der Waals surface area (Å²) in [4.78, 5) is 14.5. The first-order valence-electron chi connectivity index (χ1n) is 6.87. The lowest BCUT2D eigenvalue weighted by Crippen LogP contribution is -2.44. The number of hydrogen-bond acceptors (Lipinski definition) is 3. The van der Waals surface area contributed by atoms with Gasteiger partial charge in [0.1, 0.15) is 0 Å². The number of nitrogens with one attached hydrogen (secondary N) is 1. The summed E-state index contributed by atoms with van der Waals surface area (Å²) in [5.74, 6) is 0.867. The van der Waals surface area contributed by atoms with E-state index in [2.05, 4.69) is 12.2 Å². The number of hydrogen-bond donors (Lipinski definition) is 1. The van der Waals surface area contributed by atoms with Gasteiger partial charge in [-0.05, 0) is 26.2 Å². The Bertz CT molecular complexity index is 313. The Balaban J connectivity index is 1.64. The molecule has 1 saturated carbocycles. The molecule has 2 heterocycles. The minimum absolute atomic E-state index is 0.192. The van der Waals surface area contributed by atoms with Gasteiger partial charge in [0.05, 0.1) is 18.3 Å². The molecule has 3 aliphatic rings. The van der Waals surface area contributed by atoms with Crippen molar-refractivity contribution >= 4 is 5.91 Å². The fourth-order valence-electron chi connectivity index (χ4n) is 3.51. The van der Waals surface area contributed by atoms with Gasteiger partial charge >= 0.3 is 0 Å². The van der Waals surface area contributed by atoms with Crippen LogP contribution in [0.4, 0.5) is 0 Å². The van der Waals surface area contributed by atoms with Crippen LogP contribution in [0.5, 0.6) is 0 Å². The second-order valence-electron chi connectivity index (χ2n) is 5.78. The predicted octanol–water partition coefficient (Wildman–Crippen LogP) is 1.11. The van der Waals surface area contributed by atoms with Crippen molar-refractivity contribution in [1.29, 1.82) is 0 Å². The quantitative estimate of drug-likeness (QED) is 0.783. The molecule has 0 aromatic rings. The molecule has 0 radical (unpaired) electrons. The predicted molar refractivity (Wildman–Crippen MR) is 64.4 cm³/mol. The molecule has 1 aliphatic carbocycles. The van der Waals surface area contributed by atoms with Crippen LogP contribution in [0.1, 0.15) is 39.0 Å². The van der Waals surface area contributed by atoms with Crippen LogP contribution in [-0.2, 0) is 9.53 Å². The summed E-state index contributed by atoms with van der Waals surface area (Å²) >= 11 is 0. The van der Waals surface area contributed by atoms with E-state index < -0.39 is 0 Å². The van der Waals surface area contributed by atoms with Gasteiger partial charge in [-0.3, -0.25) is 10.1 Å². The zero-order valence-corrected chi connectivity index (χ0v) is 10.6. The van der Waals surface area contributed by atoms with E-state index in [-0.39, 0.29) is 5.54 Å². The average molecular weight is 238 g/mol. The highest BCUT2D eigenvalue weighted by atomic mass is 16.5. The topological polar surface area (TPSA) is 41.6 Å². The van der Waals surface area contributed by atoms with Crippen molar-refractivity contribution in [2.24, 2.45) is 5.92 Å². The molecule has 17 heavy (non-hydrogen) atoms. The van der Waals surface area contributed by atoms with Crippen molar-refractivity contribution in [2.45, 2.75) is 50.7 Å². The van der Waals surface area contributed by atoms with Gasteiger partial charge in [0.25, 0.3) is 0 Å². The van der Waals surface area contributed by atoms with Crippen molar-refractivity contribution in [3.05, 3.63) is 0 Å². The summed E-state index contributed by atoms with van der Waals surface area (Å²) in [6.07, 6.45) is 5.84. The molecule has 1 N–H and O–H groups in total. The van der Waals surface area contributed by atoms with E-state index >= 15 is 0 Å². The van der Waals surface area contributed by atoms with Crippen LogP contribution in [-0.4, -0.2) is 42.3 Å². The lowest BCUT2D eigenvalue weighted by atomic mass is 9.97. The van der Waals surface area contributed by atoms with Crippen molar-refractivity contribution in [3.63, 3.8) is 0 Å². The van der Waals surface area contributed by atoms with E-state index in [1.54, 1.807) is 0 Å². The zero-order chi connectivity index (χ0) is 11.9. The number of rotatable bonds is 2. The van der Waals surface area contributed by atoms with E-state index in [1.165, 1.54) is 12.8 Å². The lowest BCUT2D eigenvalue weighted by molar-refractivity contribution is -0.132. The Morgan fingerprint density at radius 2 is 2.24 bits per heavy atom. The molecule has 1 amide bonds. The maximum absolute atomic E-state index is 12.4. The van der Waals surface area contributed by atoms with E-state index in [9.17, 15) is 4.79 Å². The first-order chi connectivity index (χ1) is 8.21. The van der Waals surface area contributed by atoms with Crippen molar-refractivity contribution in [2.75, 3.05) is 19.8 Å². The molecule has 2 atom stereocenters. The Morgan fingerprint density at radius 1 is 1.47 bits per heavy atom. The van der Waals surface area contributed by atoms with Gasteiger partial charge in [0.15, 0.2) is 0 Å². The highest BCUT2D eigenvalue weighted by molar-refractivity contribution is 5.88. The molecule has 2 unspecified atom stereocenters. The number of carbonyl (C=O) groups excluding carboxylic acids is 1. The molecule has 3 rings (SSSR count). The van der Waals surface area contributed by atoms with Gasteiger partial charge < -0.3 is 9.64 Å². The molecule has 0 aromatic heterocycles. The Labute approximate surface area is 103 Å². The molecule has 2 aliphatic heterocycles. The zero-order valence-electron chi connectivity index (χ0n) is 10.6. The van der Waals surface area contributed by atoms with E-state index in [0.717, 1.165) is 39.1 Å². The third-order valence-electron chi connectivity index (χ3n) is 4.75. The molecule has 1 spiro atoms. The monoisotopic (exact) mass is 238 g/mol. The molecule has 0 aromatic carbocycles. The number of carbonyl (C=O) groups is 1. The van der Waals surface area contributed by atoms with Crippen LogP contribution in [0.25, 0.3) is 0 Å². The fraction of sp³-hybridized carbons (Fsp3) is 0.923. The summed E-state index contributed by atoms with van der Waals surface area (Å²) in [6.45, 7) is 4.58. The molecule has 3 fully saturated rings. The smallest absolute Gasteiger partial charge is 0.243 e. The Hall–Kier alpha value is -0.610. The third kappa shape index (κ3) is 1.87. The summed E-state index contributed by atoms with van der Waals surface area (Å²) in [7, 11) is 0. The van der Waals surface area contributed by atoms with Gasteiger partial charge in [-0.2, -0.15) is 0 Å². The average Bonchev–Trinajstić information content (AvgIpc) is 3.00. The third-order valence-corrected chi connectivity index (χ3v) is 4.75. The Morgan fingerprint density at radius 3 is 2.88 bits per heavy atom. The van der Waals surface area contributed by atoms with Crippen LogP contribution in [0.2, 0.25) is 0 Å². The van der Waals surface area contributed by atoms with Gasteiger partial charge in [0, 0.05) is 19.1 Å². The van der Waals surface area contributed by atoms with Crippen LogP contribution < -0.4 is 5.32 Å². The first kappa shape index (κ1) is 11.5. The molecular weight excluding hydrogens is 216 g/mol. The second-order valence-corrected chi connectivity index (χ2v) is 5.78. The SMILES string of the molecule is CC1OCCC1CN1CNC2(CCCC2)C1=O. The van der Waals surface area contributed by atoms with E-state index in [4.69, 9.17) is 4.74 Å². The van der Waals surface area contributed by atoms with Gasteiger partial charge in [-0.1, -0.05) is 12.8 Å². The minimum Gasteiger partial charge on any atom is -0.378 e. The number of nitrogens with zero attached hydrogens (tertiary/aromatic N) is 1. The highest BCUT2D eigenvalue weighted by Gasteiger charge is 2.48. The molecule has 4 nitrogen and oxygen atoms in total. The van der Waals surface area contributed by atoms with Crippen LogP contribution in [0.3, 0.4) is 0 Å². The summed E-state index contributed by atoms with van der Waals surface area (Å²) in [6, 6.07) is 0. The van der Waals surface area contributed by atoms with Crippen molar-refractivity contribution in [3.8, 4) is 0 Å². The largest absolute Gasteiger partial charge is 0.378 e. The minimum atomic E-state index is -0.192. The maximum atomic E-state index is 12.4. The van der Waals surface area contributed by atoms with Crippen LogP contribution in [0, 0.1) is 5.92 Å². The summed E-state index contributed by atoms with van der Waals surface area (Å²) in [5.41, 5.74) is -0.192. The fourth-order valence-corrected chi connectivity index (χ4v) is 3.51. The number of amides is 1. The van der Waals surface area contributed by atoms with Crippen molar-refractivity contribution in [1.82, 2.24) is 10.2 Å². The van der Waals surface area contributed by atoms with E-state index in [0.29, 0.717) is 17.9 Å². The van der Waals surface area contributed by atoms with Crippen molar-refractivity contribution < 1.29 is 9.53 Å². The van der Waals surface area contributed by atoms with Crippen LogP contribution in [0.15, 0.2) is 0 Å². The molecule has 0 bridgehead atoms. The molecule has 2 saturated heterocycles. The standard InChI is InChI=1S/C13H22N2O2/c1-10-11(4-7-17-10)8-15-9-14-13(12(15)16)5-2-3-6-13/h10-11,14H,2-9H2,1H3. The second kappa shape index (κ2) is 4.25. The first-order valence-corrected chi connectivity index (χ1v) is 6.87. The highest BCUT2D eigenvalue weighted by Crippen LogP contribution is 2.35. The summed E-state index contributed by atoms with van der Waals surface area (Å²) in [5, 5.41) is 3.46. The molecule has 96 valence electrons. The molecular formula is C13H22N2O2.